The van der Waals surface area contributed by atoms with E-state index in [1.807, 2.05) is 18.2 Å². The van der Waals surface area contributed by atoms with Gasteiger partial charge in [0.2, 0.25) is 0 Å². The molecular weight excluding hydrogens is 314 g/mol. The van der Waals surface area contributed by atoms with E-state index in [0.717, 1.165) is 13.0 Å². The van der Waals surface area contributed by atoms with Crippen molar-refractivity contribution in [1.82, 2.24) is 5.32 Å². The zero-order valence-corrected chi connectivity index (χ0v) is 14.3. The Balaban J connectivity index is 1.92. The normalized spacial score (nSPS) is 12.2. The number of carboxylic acid groups (broad SMARTS) is 1. The molecule has 2 rings (SSSR count). The van der Waals surface area contributed by atoms with Crippen molar-refractivity contribution < 1.29 is 9.90 Å². The Morgan fingerprint density at radius 1 is 1.27 bits per heavy atom. The van der Waals surface area contributed by atoms with E-state index in [1.165, 1.54) is 14.6 Å². The number of carbonyl (C=O) groups is 1. The zero-order valence-electron chi connectivity index (χ0n) is 12.6. The largest absolute Gasteiger partial charge is 0.481 e. The summed E-state index contributed by atoms with van der Waals surface area (Å²) in [6, 6.07) is 14.7. The monoisotopic (exact) mass is 335 g/mol. The number of thiophene rings is 1. The second kappa shape index (κ2) is 8.98. The molecule has 2 aromatic rings. The van der Waals surface area contributed by atoms with Crippen LogP contribution in [0, 0.1) is 0 Å². The van der Waals surface area contributed by atoms with E-state index in [1.54, 1.807) is 23.1 Å². The Kier molecular flexibility index (Phi) is 6.96. The van der Waals surface area contributed by atoms with E-state index >= 15 is 0 Å². The number of benzene rings is 1. The lowest BCUT2D eigenvalue weighted by Gasteiger charge is -2.18. The predicted molar refractivity (Wildman–Crippen MR) is 93.7 cm³/mol. The Morgan fingerprint density at radius 2 is 2.05 bits per heavy atom. The van der Waals surface area contributed by atoms with E-state index in [2.05, 4.69) is 35.8 Å². The molecule has 2 N–H and O–H groups in total. The van der Waals surface area contributed by atoms with Gasteiger partial charge in [0.05, 0.1) is 4.21 Å². The fourth-order valence-electron chi connectivity index (χ4n) is 2.28. The van der Waals surface area contributed by atoms with E-state index in [0.29, 0.717) is 6.42 Å². The Bertz CT molecular complexity index is 583. The van der Waals surface area contributed by atoms with Crippen LogP contribution < -0.4 is 5.32 Å². The highest BCUT2D eigenvalue weighted by atomic mass is 32.2. The van der Waals surface area contributed by atoms with Crippen molar-refractivity contribution in [2.45, 2.75) is 36.1 Å². The van der Waals surface area contributed by atoms with Crippen LogP contribution >= 0.6 is 23.1 Å². The second-order valence-corrected chi connectivity index (χ2v) is 7.40. The number of thioether (sulfide) groups is 1. The van der Waals surface area contributed by atoms with Crippen LogP contribution in [0.2, 0.25) is 0 Å². The van der Waals surface area contributed by atoms with Gasteiger partial charge >= 0.3 is 5.97 Å². The summed E-state index contributed by atoms with van der Waals surface area (Å²) in [6.45, 7) is 0.794. The van der Waals surface area contributed by atoms with E-state index in [9.17, 15) is 4.79 Å². The highest BCUT2D eigenvalue weighted by Crippen LogP contribution is 2.25. The third-order valence-electron chi connectivity index (χ3n) is 3.43. The minimum Gasteiger partial charge on any atom is -0.481 e. The van der Waals surface area contributed by atoms with Gasteiger partial charge in [-0.05, 0) is 36.8 Å². The number of hydrogen-bond donors (Lipinski definition) is 2. The molecule has 0 amide bonds. The highest BCUT2D eigenvalue weighted by molar-refractivity contribution is 8.00. The van der Waals surface area contributed by atoms with Gasteiger partial charge in [-0.2, -0.15) is 0 Å². The Morgan fingerprint density at radius 3 is 2.68 bits per heavy atom. The SMILES string of the molecule is CSc1ccc(CNC(CCC(=O)O)Cc2ccccc2)s1. The number of rotatable bonds is 9. The summed E-state index contributed by atoms with van der Waals surface area (Å²) in [7, 11) is 0. The van der Waals surface area contributed by atoms with Crippen LogP contribution in [0.3, 0.4) is 0 Å². The molecule has 0 aliphatic rings. The zero-order chi connectivity index (χ0) is 15.8. The van der Waals surface area contributed by atoms with Crippen molar-refractivity contribution in [1.29, 1.82) is 0 Å². The summed E-state index contributed by atoms with van der Waals surface area (Å²) >= 11 is 3.54. The van der Waals surface area contributed by atoms with Gasteiger partial charge in [0.15, 0.2) is 0 Å². The molecule has 0 aliphatic heterocycles. The first-order valence-electron chi connectivity index (χ1n) is 7.29. The van der Waals surface area contributed by atoms with Crippen LogP contribution in [0.4, 0.5) is 0 Å². The average molecular weight is 335 g/mol. The van der Waals surface area contributed by atoms with Gasteiger partial charge in [-0.1, -0.05) is 30.3 Å². The molecule has 1 aromatic carbocycles. The molecular formula is C17H21NO2S2. The number of carboxylic acids is 1. The first-order chi connectivity index (χ1) is 10.7. The number of nitrogens with one attached hydrogen (secondary N) is 1. The standard InChI is InChI=1S/C17H21NO2S2/c1-21-17-10-8-15(22-17)12-18-14(7-9-16(19)20)11-13-5-3-2-4-6-13/h2-6,8,10,14,18H,7,9,11-12H2,1H3,(H,19,20). The Labute approximate surface area is 139 Å². The smallest absolute Gasteiger partial charge is 0.303 e. The summed E-state index contributed by atoms with van der Waals surface area (Å²) in [6.07, 6.45) is 3.78. The van der Waals surface area contributed by atoms with Crippen LogP contribution in [0.5, 0.6) is 0 Å². The van der Waals surface area contributed by atoms with E-state index in [4.69, 9.17) is 5.11 Å². The molecule has 0 fully saturated rings. The molecule has 0 bridgehead atoms. The van der Waals surface area contributed by atoms with Crippen LogP contribution in [-0.2, 0) is 17.8 Å². The van der Waals surface area contributed by atoms with Gasteiger partial charge in [-0.3, -0.25) is 4.79 Å². The molecule has 3 nitrogen and oxygen atoms in total. The first kappa shape index (κ1) is 17.1. The van der Waals surface area contributed by atoms with Crippen molar-refractivity contribution >= 4 is 29.1 Å². The molecule has 22 heavy (non-hydrogen) atoms. The second-order valence-electron chi connectivity index (χ2n) is 5.12. The molecule has 5 heteroatoms. The van der Waals surface area contributed by atoms with Crippen LogP contribution in [-0.4, -0.2) is 23.4 Å². The van der Waals surface area contributed by atoms with Crippen LogP contribution in [0.1, 0.15) is 23.3 Å². The molecule has 1 aromatic heterocycles. The van der Waals surface area contributed by atoms with Gasteiger partial charge in [0.1, 0.15) is 0 Å². The van der Waals surface area contributed by atoms with Crippen molar-refractivity contribution in [2.24, 2.45) is 0 Å². The molecule has 0 spiro atoms. The lowest BCUT2D eigenvalue weighted by molar-refractivity contribution is -0.137. The molecule has 0 aliphatic carbocycles. The molecule has 1 atom stereocenters. The highest BCUT2D eigenvalue weighted by Gasteiger charge is 2.12. The minimum atomic E-state index is -0.736. The van der Waals surface area contributed by atoms with E-state index in [-0.39, 0.29) is 12.5 Å². The summed E-state index contributed by atoms with van der Waals surface area (Å²) < 4.78 is 1.31. The van der Waals surface area contributed by atoms with E-state index < -0.39 is 5.97 Å². The maximum absolute atomic E-state index is 10.8. The Hall–Kier alpha value is -1.30. The predicted octanol–water partition coefficient (Wildman–Crippen LogP) is 4.04. The number of hydrogen-bond acceptors (Lipinski definition) is 4. The van der Waals surface area contributed by atoms with Gasteiger partial charge in [0, 0.05) is 23.9 Å². The molecule has 1 unspecified atom stereocenters. The lowest BCUT2D eigenvalue weighted by atomic mass is 10.0. The van der Waals surface area contributed by atoms with Crippen LogP contribution in [0.15, 0.2) is 46.7 Å². The molecule has 118 valence electrons. The topological polar surface area (TPSA) is 49.3 Å². The lowest BCUT2D eigenvalue weighted by Crippen LogP contribution is -2.31. The molecule has 1 heterocycles. The summed E-state index contributed by atoms with van der Waals surface area (Å²) in [5.74, 6) is -0.736. The van der Waals surface area contributed by atoms with Gasteiger partial charge in [-0.25, -0.2) is 0 Å². The first-order valence-corrected chi connectivity index (χ1v) is 9.33. The maximum atomic E-state index is 10.8. The number of aliphatic carboxylic acids is 1. The maximum Gasteiger partial charge on any atom is 0.303 e. The third-order valence-corrected chi connectivity index (χ3v) is 5.60. The van der Waals surface area contributed by atoms with Crippen molar-refractivity contribution in [3.8, 4) is 0 Å². The average Bonchev–Trinajstić information content (AvgIpc) is 2.99. The van der Waals surface area contributed by atoms with Gasteiger partial charge in [-0.15, -0.1) is 23.1 Å². The van der Waals surface area contributed by atoms with Crippen LogP contribution in [0.25, 0.3) is 0 Å². The summed E-state index contributed by atoms with van der Waals surface area (Å²) in [5.41, 5.74) is 1.24. The van der Waals surface area contributed by atoms with Crippen molar-refractivity contribution in [3.05, 3.63) is 52.9 Å². The third kappa shape index (κ3) is 5.83. The molecule has 0 saturated heterocycles. The fourth-order valence-corrected chi connectivity index (χ4v) is 3.83. The van der Waals surface area contributed by atoms with Crippen molar-refractivity contribution in [3.63, 3.8) is 0 Å². The summed E-state index contributed by atoms with van der Waals surface area (Å²) in [5, 5.41) is 12.4. The van der Waals surface area contributed by atoms with Gasteiger partial charge < -0.3 is 10.4 Å². The van der Waals surface area contributed by atoms with Gasteiger partial charge in [0.25, 0.3) is 0 Å². The minimum absolute atomic E-state index is 0.179. The molecule has 0 saturated carbocycles. The summed E-state index contributed by atoms with van der Waals surface area (Å²) in [4.78, 5) is 12.1. The molecule has 0 radical (unpaired) electrons. The quantitative estimate of drug-likeness (QED) is 0.679. The fraction of sp³-hybridized carbons (Fsp3) is 0.353. The van der Waals surface area contributed by atoms with Crippen molar-refractivity contribution in [2.75, 3.05) is 6.26 Å².